The second-order valence-electron chi connectivity index (χ2n) is 7.06. The van der Waals surface area contributed by atoms with E-state index in [4.69, 9.17) is 22.1 Å². The summed E-state index contributed by atoms with van der Waals surface area (Å²) in [7, 11) is 0. The molecule has 0 radical (unpaired) electrons. The molecule has 0 fully saturated rings. The van der Waals surface area contributed by atoms with Gasteiger partial charge >= 0.3 is 0 Å². The van der Waals surface area contributed by atoms with Crippen molar-refractivity contribution in [3.05, 3.63) is 69.1 Å². The molecule has 8 nitrogen and oxygen atoms in total. The van der Waals surface area contributed by atoms with E-state index in [9.17, 15) is 19.4 Å². The van der Waals surface area contributed by atoms with Gasteiger partial charge in [0.25, 0.3) is 5.56 Å². The molecule has 2 aromatic heterocycles. The smallest absolute Gasteiger partial charge is 0.254 e. The number of aromatic nitrogens is 3. The van der Waals surface area contributed by atoms with Gasteiger partial charge in [-0.15, -0.1) is 0 Å². The number of nitrogens with two attached hydrogens (primary N) is 1. The Morgan fingerprint density at radius 3 is 2.80 bits per heavy atom. The largest absolute Gasteiger partial charge is 0.489 e. The Morgan fingerprint density at radius 1 is 1.30 bits per heavy atom. The average molecular weight is 433 g/mol. The predicted molar refractivity (Wildman–Crippen MR) is 109 cm³/mol. The predicted octanol–water partition coefficient (Wildman–Crippen LogP) is 1.76. The van der Waals surface area contributed by atoms with Crippen LogP contribution in [0.4, 0.5) is 10.2 Å². The number of aliphatic hydroxyl groups is 2. The maximum Gasteiger partial charge on any atom is 0.254 e. The molecule has 1 aliphatic rings. The lowest BCUT2D eigenvalue weighted by Gasteiger charge is -2.19. The van der Waals surface area contributed by atoms with Crippen LogP contribution in [0.15, 0.2) is 47.0 Å². The van der Waals surface area contributed by atoms with Gasteiger partial charge in [-0.25, -0.2) is 14.4 Å². The second-order valence-corrected chi connectivity index (χ2v) is 7.47. The fourth-order valence-corrected chi connectivity index (χ4v) is 3.53. The molecule has 0 saturated carbocycles. The molecular weight excluding hydrogens is 415 g/mol. The number of aliphatic hydroxyl groups excluding tert-OH is 2. The van der Waals surface area contributed by atoms with Crippen LogP contribution in [0.2, 0.25) is 5.02 Å². The lowest BCUT2D eigenvalue weighted by molar-refractivity contribution is 0.0278. The highest BCUT2D eigenvalue weighted by Crippen LogP contribution is 2.31. The number of halogens is 2. The summed E-state index contributed by atoms with van der Waals surface area (Å²) in [4.78, 5) is 20.3. The lowest BCUT2D eigenvalue weighted by atomic mass is 10.1. The fourth-order valence-electron chi connectivity index (χ4n) is 3.37. The Kier molecular flexibility index (Phi) is 5.19. The average Bonchev–Trinajstić information content (AvgIpc) is 2.96. The van der Waals surface area contributed by atoms with Gasteiger partial charge in [0.1, 0.15) is 36.2 Å². The monoisotopic (exact) mass is 432 g/mol. The van der Waals surface area contributed by atoms with E-state index in [1.807, 2.05) is 0 Å². The molecule has 10 heteroatoms. The lowest BCUT2D eigenvalue weighted by Crippen LogP contribution is -2.35. The summed E-state index contributed by atoms with van der Waals surface area (Å²) >= 11 is 5.89. The molecule has 1 aromatic carbocycles. The summed E-state index contributed by atoms with van der Waals surface area (Å²) in [6.07, 6.45) is 0.364. The van der Waals surface area contributed by atoms with Crippen molar-refractivity contribution in [2.45, 2.75) is 25.2 Å². The molecule has 0 bridgehead atoms. The summed E-state index contributed by atoms with van der Waals surface area (Å²) in [5.41, 5.74) is 6.49. The highest BCUT2D eigenvalue weighted by Gasteiger charge is 2.36. The van der Waals surface area contributed by atoms with Gasteiger partial charge in [0.15, 0.2) is 0 Å². The summed E-state index contributed by atoms with van der Waals surface area (Å²) in [6, 6.07) is 4.59. The number of nitrogens with zero attached hydrogens (tertiary/aromatic N) is 3. The maximum atomic E-state index is 14.4. The molecule has 30 heavy (non-hydrogen) atoms. The SMILES string of the molecule is Cc1cc(=O)n([C@@H]2C=C(COc3cc(F)c4cc(Cl)c(N)nc4c3)[C@@H](O)[C@H]2O)cn1. The Balaban J connectivity index is 1.58. The Labute approximate surface area is 175 Å². The van der Waals surface area contributed by atoms with E-state index in [2.05, 4.69) is 9.97 Å². The van der Waals surface area contributed by atoms with Crippen LogP contribution in [0.25, 0.3) is 10.9 Å². The molecule has 1 aliphatic carbocycles. The number of hydrogen-bond acceptors (Lipinski definition) is 7. The van der Waals surface area contributed by atoms with Crippen molar-refractivity contribution in [1.82, 2.24) is 14.5 Å². The number of fused-ring (bicyclic) bond motifs is 1. The third-order valence-corrected chi connectivity index (χ3v) is 5.28. The van der Waals surface area contributed by atoms with E-state index in [0.717, 1.165) is 0 Å². The zero-order chi connectivity index (χ0) is 21.6. The highest BCUT2D eigenvalue weighted by atomic mass is 35.5. The Morgan fingerprint density at radius 2 is 2.07 bits per heavy atom. The van der Waals surface area contributed by atoms with Crippen LogP contribution in [0.1, 0.15) is 11.7 Å². The first-order chi connectivity index (χ1) is 14.2. The molecule has 2 heterocycles. The standard InChI is InChI=1S/C20H18ClFN4O4/c1-9-2-17(27)26(8-24-9)16-3-10(18(28)19(16)29)7-30-11-4-14(22)12-6-13(21)20(23)25-15(12)5-11/h2-6,8,16,18-19,28-29H,7H2,1H3,(H2,23,25)/t16-,18-,19+/m1/s1. The maximum absolute atomic E-state index is 14.4. The zero-order valence-corrected chi connectivity index (χ0v) is 16.5. The molecule has 0 unspecified atom stereocenters. The van der Waals surface area contributed by atoms with Crippen LogP contribution in [-0.4, -0.2) is 43.6 Å². The normalized spacial score (nSPS) is 21.1. The van der Waals surface area contributed by atoms with E-state index >= 15 is 0 Å². The minimum Gasteiger partial charge on any atom is -0.489 e. The zero-order valence-electron chi connectivity index (χ0n) is 15.8. The van der Waals surface area contributed by atoms with Crippen LogP contribution in [0, 0.1) is 12.7 Å². The molecule has 0 saturated heterocycles. The van der Waals surface area contributed by atoms with Crippen molar-refractivity contribution in [3.63, 3.8) is 0 Å². The third kappa shape index (κ3) is 3.62. The number of rotatable bonds is 4. The number of anilines is 1. The van der Waals surface area contributed by atoms with Gasteiger partial charge in [0.05, 0.1) is 22.9 Å². The van der Waals surface area contributed by atoms with Crippen molar-refractivity contribution in [2.24, 2.45) is 0 Å². The first-order valence-corrected chi connectivity index (χ1v) is 9.42. The van der Waals surface area contributed by atoms with Crippen molar-refractivity contribution in [2.75, 3.05) is 12.3 Å². The summed E-state index contributed by atoms with van der Waals surface area (Å²) in [5.74, 6) is -0.361. The van der Waals surface area contributed by atoms with Crippen molar-refractivity contribution < 1.29 is 19.3 Å². The number of benzene rings is 1. The van der Waals surface area contributed by atoms with Gasteiger partial charge in [-0.2, -0.15) is 0 Å². The van der Waals surface area contributed by atoms with E-state index < -0.39 is 24.1 Å². The molecule has 0 aliphatic heterocycles. The van der Waals surface area contributed by atoms with Crippen molar-refractivity contribution >= 4 is 28.3 Å². The molecule has 156 valence electrons. The number of aryl methyl sites for hydroxylation is 1. The molecule has 3 atom stereocenters. The van der Waals surface area contributed by atoms with E-state index in [0.29, 0.717) is 11.3 Å². The summed E-state index contributed by atoms with van der Waals surface area (Å²) < 4.78 is 21.2. The van der Waals surface area contributed by atoms with Gasteiger partial charge < -0.3 is 20.7 Å². The molecule has 0 amide bonds. The van der Waals surface area contributed by atoms with Crippen LogP contribution in [0.3, 0.4) is 0 Å². The van der Waals surface area contributed by atoms with Gasteiger partial charge in [-0.05, 0) is 18.6 Å². The van der Waals surface area contributed by atoms with Gasteiger partial charge in [-0.3, -0.25) is 9.36 Å². The molecule has 4 rings (SSSR count). The van der Waals surface area contributed by atoms with E-state index in [1.165, 1.54) is 35.2 Å². The molecule has 4 N–H and O–H groups in total. The van der Waals surface area contributed by atoms with Crippen LogP contribution >= 0.6 is 11.6 Å². The third-order valence-electron chi connectivity index (χ3n) is 4.98. The number of hydrogen-bond donors (Lipinski definition) is 3. The topological polar surface area (TPSA) is 123 Å². The van der Waals surface area contributed by atoms with Crippen LogP contribution in [0.5, 0.6) is 5.75 Å². The van der Waals surface area contributed by atoms with Crippen molar-refractivity contribution in [3.8, 4) is 5.75 Å². The van der Waals surface area contributed by atoms with E-state index in [-0.39, 0.29) is 39.7 Å². The number of pyridine rings is 1. The van der Waals surface area contributed by atoms with Gasteiger partial charge in [0.2, 0.25) is 0 Å². The minimum absolute atomic E-state index is 0.0674. The number of ether oxygens (including phenoxy) is 1. The van der Waals surface area contributed by atoms with E-state index in [1.54, 1.807) is 13.0 Å². The fraction of sp³-hybridized carbons (Fsp3) is 0.250. The van der Waals surface area contributed by atoms with Crippen LogP contribution < -0.4 is 16.0 Å². The first kappa shape index (κ1) is 20.3. The number of nitrogen functional groups attached to an aromatic ring is 1. The van der Waals surface area contributed by atoms with Gasteiger partial charge in [-0.1, -0.05) is 17.7 Å². The first-order valence-electron chi connectivity index (χ1n) is 9.04. The minimum atomic E-state index is -1.25. The molecule has 3 aromatic rings. The van der Waals surface area contributed by atoms with Gasteiger partial charge in [0, 0.05) is 29.3 Å². The van der Waals surface area contributed by atoms with Crippen LogP contribution in [-0.2, 0) is 0 Å². The molecule has 0 spiro atoms. The highest BCUT2D eigenvalue weighted by molar-refractivity contribution is 6.33. The Hall–Kier alpha value is -3.01. The second kappa shape index (κ2) is 7.67. The quantitative estimate of drug-likeness (QED) is 0.536. The summed E-state index contributed by atoms with van der Waals surface area (Å²) in [5, 5.41) is 21.1. The van der Waals surface area contributed by atoms with Crippen molar-refractivity contribution in [1.29, 1.82) is 0 Å². The summed E-state index contributed by atoms with van der Waals surface area (Å²) in [6.45, 7) is 1.55. The Bertz CT molecular complexity index is 1230. The molecular formula is C20H18ClFN4O4.